The first-order valence-electron chi connectivity index (χ1n) is 23.9. The Labute approximate surface area is 406 Å². The van der Waals surface area contributed by atoms with E-state index in [-0.39, 0.29) is 45.2 Å². The lowest BCUT2D eigenvalue weighted by Gasteiger charge is -2.46. The Morgan fingerprint density at radius 3 is 2.26 bits per heavy atom. The number of piperazine rings is 1. The summed E-state index contributed by atoms with van der Waals surface area (Å²) in [7, 11) is 1.48. The van der Waals surface area contributed by atoms with E-state index in [1.807, 2.05) is 82.6 Å². The van der Waals surface area contributed by atoms with E-state index in [2.05, 4.69) is 27.9 Å². The largest absolute Gasteiger partial charge is 0.491 e. The number of aromatic nitrogens is 2. The Bertz CT molecular complexity index is 2830. The van der Waals surface area contributed by atoms with Crippen LogP contribution in [-0.4, -0.2) is 115 Å². The molecule has 0 saturated carbocycles. The smallest absolute Gasteiger partial charge is 0.421 e. The van der Waals surface area contributed by atoms with Crippen molar-refractivity contribution >= 4 is 35.5 Å². The van der Waals surface area contributed by atoms with Gasteiger partial charge in [0.05, 0.1) is 36.9 Å². The van der Waals surface area contributed by atoms with Crippen LogP contribution in [-0.2, 0) is 34.0 Å². The molecule has 5 aromatic rings. The molecule has 15 nitrogen and oxygen atoms in total. The highest BCUT2D eigenvalue weighted by molar-refractivity contribution is 6.23. The van der Waals surface area contributed by atoms with Crippen molar-refractivity contribution in [3.63, 3.8) is 0 Å². The highest BCUT2D eigenvalue weighted by Crippen LogP contribution is 2.66. The van der Waals surface area contributed by atoms with Gasteiger partial charge in [0.2, 0.25) is 17.8 Å². The van der Waals surface area contributed by atoms with Gasteiger partial charge in [0.15, 0.2) is 0 Å². The van der Waals surface area contributed by atoms with Crippen molar-refractivity contribution in [3.05, 3.63) is 161 Å². The van der Waals surface area contributed by atoms with Gasteiger partial charge < -0.3 is 33.9 Å². The molecule has 15 heteroatoms. The first-order chi connectivity index (χ1) is 34.3. The lowest BCUT2D eigenvalue weighted by atomic mass is 9.64. The van der Waals surface area contributed by atoms with Crippen LogP contribution in [0.5, 0.6) is 5.75 Å². The first-order valence-corrected chi connectivity index (χ1v) is 23.9. The summed E-state index contributed by atoms with van der Waals surface area (Å²) in [4.78, 5) is 78.7. The van der Waals surface area contributed by atoms with Crippen LogP contribution in [0.25, 0.3) is 0 Å². The fourth-order valence-electron chi connectivity index (χ4n) is 11.0. The number of imide groups is 1. The zero-order chi connectivity index (χ0) is 48.2. The van der Waals surface area contributed by atoms with Crippen molar-refractivity contribution in [1.29, 1.82) is 0 Å². The summed E-state index contributed by atoms with van der Waals surface area (Å²) in [6, 6.07) is 30.0. The number of morpholine rings is 1. The van der Waals surface area contributed by atoms with Crippen molar-refractivity contribution in [1.82, 2.24) is 19.8 Å². The minimum Gasteiger partial charge on any atom is -0.491 e. The highest BCUT2D eigenvalue weighted by atomic mass is 16.6. The van der Waals surface area contributed by atoms with E-state index in [0.717, 1.165) is 41.7 Å². The molecule has 1 spiro atoms. The fourth-order valence-corrected chi connectivity index (χ4v) is 11.0. The van der Waals surface area contributed by atoms with Crippen LogP contribution in [0.15, 0.2) is 133 Å². The summed E-state index contributed by atoms with van der Waals surface area (Å²) in [5.74, 6) is 4.28. The van der Waals surface area contributed by atoms with Crippen molar-refractivity contribution in [2.24, 2.45) is 5.92 Å². The third kappa shape index (κ3) is 8.46. The van der Waals surface area contributed by atoms with E-state index in [1.54, 1.807) is 53.7 Å². The SMILES string of the molecule is COCCOC(=O)N1C(=O)C2(c3cc(C#CC4=CCCCC4)ccc31)C(C(=O)N1CCN(c3ncccn3)CC1)C1C(=O)OC(c3ccccc3)C(c3ccccc3)N1C2c1cccc(OCCO)c1. The lowest BCUT2D eigenvalue weighted by Crippen LogP contribution is -2.59. The van der Waals surface area contributed by atoms with Gasteiger partial charge in [-0.25, -0.2) is 19.7 Å². The monoisotopic (exact) mass is 942 g/mol. The maximum Gasteiger partial charge on any atom is 0.421 e. The van der Waals surface area contributed by atoms with E-state index in [4.69, 9.17) is 18.9 Å². The fraction of sp³-hybridized carbons (Fsp3) is 0.345. The predicted molar refractivity (Wildman–Crippen MR) is 258 cm³/mol. The van der Waals surface area contributed by atoms with E-state index in [1.165, 1.54) is 7.11 Å². The molecule has 6 atom stereocenters. The van der Waals surface area contributed by atoms with Crippen LogP contribution in [0.4, 0.5) is 16.4 Å². The number of amides is 3. The topological polar surface area (TPSA) is 164 Å². The average Bonchev–Trinajstić information content (AvgIpc) is 3.87. The van der Waals surface area contributed by atoms with Gasteiger partial charge in [-0.2, -0.15) is 0 Å². The number of aliphatic hydroxyl groups excluding tert-OH is 1. The number of nitrogens with zero attached hydrogens (tertiary/aromatic N) is 6. The number of hydrogen-bond acceptors (Lipinski definition) is 13. The lowest BCUT2D eigenvalue weighted by molar-refractivity contribution is -0.179. The van der Waals surface area contributed by atoms with Crippen LogP contribution < -0.4 is 14.5 Å². The number of fused-ring (bicyclic) bond motifs is 3. The number of benzene rings is 4. The molecular weight excluding hydrogens is 889 g/mol. The van der Waals surface area contributed by atoms with E-state index in [0.29, 0.717) is 47.0 Å². The van der Waals surface area contributed by atoms with Crippen LogP contribution in [0.2, 0.25) is 0 Å². The van der Waals surface area contributed by atoms with Crippen molar-refractivity contribution in [3.8, 4) is 17.6 Å². The predicted octanol–water partition coefficient (Wildman–Crippen LogP) is 6.50. The highest BCUT2D eigenvalue weighted by Gasteiger charge is 2.76. The molecule has 3 amide bonds. The van der Waals surface area contributed by atoms with E-state index < -0.39 is 59.4 Å². The molecule has 1 N–H and O–H groups in total. The van der Waals surface area contributed by atoms with Gasteiger partial charge in [-0.15, -0.1) is 0 Å². The van der Waals surface area contributed by atoms with Crippen LogP contribution in [0, 0.1) is 17.8 Å². The Kier molecular flexibility index (Phi) is 13.4. The molecule has 358 valence electrons. The normalized spacial score (nSPS) is 24.0. The Hall–Kier alpha value is -7.38. The summed E-state index contributed by atoms with van der Waals surface area (Å²) < 4.78 is 23.7. The number of anilines is 2. The molecule has 1 aliphatic carbocycles. The van der Waals surface area contributed by atoms with Gasteiger partial charge in [-0.05, 0) is 89.9 Å². The second-order valence-corrected chi connectivity index (χ2v) is 18.0. The van der Waals surface area contributed by atoms with Gasteiger partial charge in [-0.3, -0.25) is 19.3 Å². The third-order valence-corrected chi connectivity index (χ3v) is 14.0. The summed E-state index contributed by atoms with van der Waals surface area (Å²) >= 11 is 0. The molecule has 1 aromatic heterocycles. The quantitative estimate of drug-likeness (QED) is 0.0869. The number of hydrogen-bond donors (Lipinski definition) is 1. The molecule has 4 aromatic carbocycles. The average molecular weight is 943 g/mol. The Morgan fingerprint density at radius 2 is 1.54 bits per heavy atom. The molecule has 5 heterocycles. The van der Waals surface area contributed by atoms with Crippen LogP contribution in [0.3, 0.4) is 0 Å². The second kappa shape index (κ2) is 20.3. The van der Waals surface area contributed by atoms with Gasteiger partial charge in [0.1, 0.15) is 36.5 Å². The standard InChI is InChI=1S/C55H54N6O9/c1-67-33-34-69-54(66)60-44-24-23-38(22-21-37-13-5-2-6-14-37)35-43(44)55(52(60)65)45(50(63)58-27-29-59(30-28-58)53-56-25-12-26-57-53)47-51(64)70-48(40-17-9-4-10-18-40)46(39-15-7-3-8-16-39)61(47)49(55)41-19-11-20-42(36-41)68-32-31-62/h3-4,7-13,15-20,23-26,35-36,45-49,62H,2,5-6,14,27-34H2,1H3. The maximum atomic E-state index is 16.6. The molecule has 70 heavy (non-hydrogen) atoms. The van der Waals surface area contributed by atoms with E-state index >= 15 is 14.4 Å². The number of allylic oxidation sites excluding steroid dienone is 2. The number of cyclic esters (lactones) is 1. The van der Waals surface area contributed by atoms with E-state index in [9.17, 15) is 9.90 Å². The summed E-state index contributed by atoms with van der Waals surface area (Å²) in [6.07, 6.45) is 7.53. The number of aliphatic hydroxyl groups is 1. The molecular formula is C55H54N6O9. The first kappa shape index (κ1) is 46.4. The summed E-state index contributed by atoms with van der Waals surface area (Å²) in [5, 5.41) is 9.86. The second-order valence-electron chi connectivity index (χ2n) is 18.0. The summed E-state index contributed by atoms with van der Waals surface area (Å²) in [6.45, 7) is 0.858. The molecule has 0 radical (unpaired) electrons. The zero-order valence-corrected chi connectivity index (χ0v) is 38.9. The molecule has 5 aliphatic rings. The van der Waals surface area contributed by atoms with Crippen molar-refractivity contribution < 1.29 is 43.2 Å². The Morgan fingerprint density at radius 1 is 0.800 bits per heavy atom. The number of rotatable bonds is 11. The minimum atomic E-state index is -2.01. The number of esters is 1. The van der Waals surface area contributed by atoms with Gasteiger partial charge in [-0.1, -0.05) is 90.7 Å². The van der Waals surface area contributed by atoms with Gasteiger partial charge >= 0.3 is 12.1 Å². The number of methoxy groups -OCH3 is 1. The van der Waals surface area contributed by atoms with Gasteiger partial charge in [0, 0.05) is 51.2 Å². The maximum absolute atomic E-state index is 16.6. The Balaban J connectivity index is 1.24. The zero-order valence-electron chi connectivity index (χ0n) is 38.9. The van der Waals surface area contributed by atoms with Crippen molar-refractivity contribution in [2.75, 3.05) is 69.5 Å². The molecule has 3 fully saturated rings. The van der Waals surface area contributed by atoms with Crippen LogP contribution >= 0.6 is 0 Å². The number of ether oxygens (including phenoxy) is 4. The minimum absolute atomic E-state index is 0.0108. The molecule has 0 bridgehead atoms. The molecule has 3 saturated heterocycles. The number of carbonyl (C=O) groups excluding carboxylic acids is 4. The summed E-state index contributed by atoms with van der Waals surface area (Å²) in [5.41, 5.74) is 2.13. The molecule has 10 rings (SSSR count). The van der Waals surface area contributed by atoms with Crippen molar-refractivity contribution in [2.45, 2.75) is 55.3 Å². The third-order valence-electron chi connectivity index (χ3n) is 14.0. The van der Waals surface area contributed by atoms with Gasteiger partial charge in [0.25, 0.3) is 0 Å². The molecule has 6 unspecified atom stereocenters. The molecule has 4 aliphatic heterocycles. The van der Waals surface area contributed by atoms with Crippen LogP contribution in [0.1, 0.15) is 71.7 Å². The number of carbonyl (C=O) groups is 4.